The molecule has 2 aromatic rings. The van der Waals surface area contributed by atoms with E-state index < -0.39 is 24.3 Å². The lowest BCUT2D eigenvalue weighted by atomic mass is 9.97. The van der Waals surface area contributed by atoms with Crippen LogP contribution in [0.5, 0.6) is 0 Å². The van der Waals surface area contributed by atoms with E-state index in [0.717, 1.165) is 5.56 Å². The van der Waals surface area contributed by atoms with Gasteiger partial charge in [-0.3, -0.25) is 0 Å². The third kappa shape index (κ3) is 6.07. The number of aliphatic hydroxyl groups excluding tert-OH is 2. The van der Waals surface area contributed by atoms with Gasteiger partial charge in [0.05, 0.1) is 18.8 Å². The zero-order valence-electron chi connectivity index (χ0n) is 15.9. The molecule has 0 aromatic heterocycles. The monoisotopic (exact) mass is 387 g/mol. The molecule has 2 aromatic carbocycles. The minimum atomic E-state index is -1.20. The maximum atomic E-state index is 11.8. The highest BCUT2D eigenvalue weighted by molar-refractivity contribution is 5.91. The highest BCUT2D eigenvalue weighted by Crippen LogP contribution is 2.22. The second kappa shape index (κ2) is 10.4. The standard InChI is InChI=1S/C21H25NO6/c1-14-8-9-16(12-17(14)20(25)27-2)19(24)18(23)10-11-22-21(26)28-13-15-6-4-3-5-7-15/h3-9,12,18-19,23-24H,10-11,13H2,1-2H3,(H,22,26). The van der Waals surface area contributed by atoms with E-state index >= 15 is 0 Å². The number of amides is 1. The van der Waals surface area contributed by atoms with Gasteiger partial charge >= 0.3 is 12.1 Å². The highest BCUT2D eigenvalue weighted by Gasteiger charge is 2.21. The first kappa shape index (κ1) is 21.4. The number of ether oxygens (including phenoxy) is 2. The number of aryl methyl sites for hydroxylation is 1. The Hall–Kier alpha value is -2.90. The number of esters is 1. The number of carbonyl (C=O) groups is 2. The van der Waals surface area contributed by atoms with E-state index in [2.05, 4.69) is 5.32 Å². The van der Waals surface area contributed by atoms with Gasteiger partial charge in [-0.25, -0.2) is 9.59 Å². The topological polar surface area (TPSA) is 105 Å². The van der Waals surface area contributed by atoms with Crippen LogP contribution in [-0.4, -0.2) is 42.0 Å². The number of nitrogens with one attached hydrogen (secondary N) is 1. The van der Waals surface area contributed by atoms with Crippen molar-refractivity contribution in [3.8, 4) is 0 Å². The Balaban J connectivity index is 1.81. The van der Waals surface area contributed by atoms with Gasteiger partial charge in [-0.15, -0.1) is 0 Å². The van der Waals surface area contributed by atoms with Gasteiger partial charge in [0.25, 0.3) is 0 Å². The van der Waals surface area contributed by atoms with Crippen LogP contribution in [0.15, 0.2) is 48.5 Å². The predicted molar refractivity (Wildman–Crippen MR) is 103 cm³/mol. The third-order valence-electron chi connectivity index (χ3n) is 4.30. The molecule has 150 valence electrons. The van der Waals surface area contributed by atoms with E-state index in [1.54, 1.807) is 19.1 Å². The molecule has 7 heteroatoms. The predicted octanol–water partition coefficient (Wildman–Crippen LogP) is 2.49. The molecule has 28 heavy (non-hydrogen) atoms. The van der Waals surface area contributed by atoms with Crippen LogP contribution in [0.25, 0.3) is 0 Å². The van der Waals surface area contributed by atoms with E-state index in [1.165, 1.54) is 13.2 Å². The van der Waals surface area contributed by atoms with Crippen LogP contribution in [-0.2, 0) is 16.1 Å². The summed E-state index contributed by atoms with van der Waals surface area (Å²) in [5.41, 5.74) is 2.30. The zero-order valence-corrected chi connectivity index (χ0v) is 15.9. The lowest BCUT2D eigenvalue weighted by Crippen LogP contribution is -2.29. The summed E-state index contributed by atoms with van der Waals surface area (Å²) in [6.45, 7) is 2.03. The molecule has 0 heterocycles. The fourth-order valence-electron chi connectivity index (χ4n) is 2.63. The summed E-state index contributed by atoms with van der Waals surface area (Å²) in [5.74, 6) is -0.510. The molecule has 3 N–H and O–H groups in total. The molecule has 0 saturated heterocycles. The molecule has 7 nitrogen and oxygen atoms in total. The number of alkyl carbamates (subject to hydrolysis) is 1. The van der Waals surface area contributed by atoms with Gasteiger partial charge in [-0.2, -0.15) is 0 Å². The number of methoxy groups -OCH3 is 1. The number of rotatable bonds is 8. The van der Waals surface area contributed by atoms with Crippen molar-refractivity contribution in [3.63, 3.8) is 0 Å². The SMILES string of the molecule is COC(=O)c1cc(C(O)C(O)CCNC(=O)OCc2ccccc2)ccc1C. The Morgan fingerprint density at radius 3 is 2.50 bits per heavy atom. The number of carbonyl (C=O) groups excluding carboxylic acids is 2. The van der Waals surface area contributed by atoms with Crippen molar-refractivity contribution in [2.75, 3.05) is 13.7 Å². The molecule has 1 amide bonds. The lowest BCUT2D eigenvalue weighted by Gasteiger charge is -2.19. The minimum absolute atomic E-state index is 0.114. The molecule has 0 aliphatic heterocycles. The van der Waals surface area contributed by atoms with Crippen LogP contribution < -0.4 is 5.32 Å². The van der Waals surface area contributed by atoms with E-state index in [0.29, 0.717) is 16.7 Å². The number of benzene rings is 2. The van der Waals surface area contributed by atoms with Crippen molar-refractivity contribution in [2.24, 2.45) is 0 Å². The smallest absolute Gasteiger partial charge is 0.407 e. The molecule has 2 atom stereocenters. The Labute approximate surface area is 163 Å². The first-order chi connectivity index (χ1) is 13.4. The maximum Gasteiger partial charge on any atom is 0.407 e. The van der Waals surface area contributed by atoms with Crippen molar-refractivity contribution < 1.29 is 29.3 Å². The van der Waals surface area contributed by atoms with Gasteiger partial charge in [-0.1, -0.05) is 42.5 Å². The van der Waals surface area contributed by atoms with E-state index in [1.807, 2.05) is 30.3 Å². The van der Waals surface area contributed by atoms with Gasteiger partial charge in [0.1, 0.15) is 12.7 Å². The Morgan fingerprint density at radius 2 is 1.82 bits per heavy atom. The van der Waals surface area contributed by atoms with Crippen LogP contribution in [0.1, 0.15) is 39.6 Å². The molecule has 0 saturated carbocycles. The Bertz CT molecular complexity index is 793. The summed E-state index contributed by atoms with van der Waals surface area (Å²) < 4.78 is 9.79. The molecule has 0 fully saturated rings. The van der Waals surface area contributed by atoms with Gasteiger partial charge in [0.2, 0.25) is 0 Å². The molecule has 0 aliphatic carbocycles. The number of hydrogen-bond acceptors (Lipinski definition) is 6. The van der Waals surface area contributed by atoms with Gasteiger partial charge in [0.15, 0.2) is 0 Å². The highest BCUT2D eigenvalue weighted by atomic mass is 16.5. The van der Waals surface area contributed by atoms with Crippen LogP contribution in [0.4, 0.5) is 4.79 Å². The van der Waals surface area contributed by atoms with Crippen LogP contribution in [0.3, 0.4) is 0 Å². The fraction of sp³-hybridized carbons (Fsp3) is 0.333. The van der Waals surface area contributed by atoms with Crippen molar-refractivity contribution in [3.05, 3.63) is 70.8 Å². The first-order valence-electron chi connectivity index (χ1n) is 8.92. The summed E-state index contributed by atoms with van der Waals surface area (Å²) in [6, 6.07) is 14.1. The summed E-state index contributed by atoms with van der Waals surface area (Å²) in [6.07, 6.45) is -2.81. The van der Waals surface area contributed by atoms with Crippen molar-refractivity contribution in [2.45, 2.75) is 32.2 Å². The van der Waals surface area contributed by atoms with Gasteiger partial charge in [0, 0.05) is 6.54 Å². The minimum Gasteiger partial charge on any atom is -0.465 e. The third-order valence-corrected chi connectivity index (χ3v) is 4.30. The number of aliphatic hydroxyl groups is 2. The molecule has 2 rings (SSSR count). The largest absolute Gasteiger partial charge is 0.465 e. The average molecular weight is 387 g/mol. The maximum absolute atomic E-state index is 11.8. The second-order valence-corrected chi connectivity index (χ2v) is 6.36. The van der Waals surface area contributed by atoms with Crippen LogP contribution in [0, 0.1) is 6.92 Å². The average Bonchev–Trinajstić information content (AvgIpc) is 2.72. The Kier molecular flexibility index (Phi) is 7.98. The van der Waals surface area contributed by atoms with Gasteiger partial charge in [-0.05, 0) is 36.1 Å². The summed E-state index contributed by atoms with van der Waals surface area (Å²) >= 11 is 0. The molecule has 2 unspecified atom stereocenters. The first-order valence-corrected chi connectivity index (χ1v) is 8.92. The lowest BCUT2D eigenvalue weighted by molar-refractivity contribution is 0.0135. The van der Waals surface area contributed by atoms with Crippen molar-refractivity contribution in [1.82, 2.24) is 5.32 Å². The molecular formula is C21H25NO6. The van der Waals surface area contributed by atoms with E-state index in [-0.39, 0.29) is 19.6 Å². The molecule has 0 radical (unpaired) electrons. The fourth-order valence-corrected chi connectivity index (χ4v) is 2.63. The molecular weight excluding hydrogens is 362 g/mol. The number of hydrogen-bond donors (Lipinski definition) is 3. The quantitative estimate of drug-likeness (QED) is 0.601. The van der Waals surface area contributed by atoms with Crippen molar-refractivity contribution in [1.29, 1.82) is 0 Å². The molecule has 0 spiro atoms. The summed E-state index contributed by atoms with van der Waals surface area (Å²) in [4.78, 5) is 23.5. The molecule has 0 bridgehead atoms. The van der Waals surface area contributed by atoms with Crippen LogP contribution >= 0.6 is 0 Å². The van der Waals surface area contributed by atoms with Crippen LogP contribution in [0.2, 0.25) is 0 Å². The van der Waals surface area contributed by atoms with E-state index in [9.17, 15) is 19.8 Å². The van der Waals surface area contributed by atoms with Crippen molar-refractivity contribution >= 4 is 12.1 Å². The zero-order chi connectivity index (χ0) is 20.5. The molecule has 0 aliphatic rings. The van der Waals surface area contributed by atoms with Gasteiger partial charge < -0.3 is 25.0 Å². The normalized spacial score (nSPS) is 12.7. The van der Waals surface area contributed by atoms with E-state index in [4.69, 9.17) is 9.47 Å². The Morgan fingerprint density at radius 1 is 1.11 bits per heavy atom. The summed E-state index contributed by atoms with van der Waals surface area (Å²) in [5, 5.41) is 23.1. The summed E-state index contributed by atoms with van der Waals surface area (Å²) in [7, 11) is 1.28. The second-order valence-electron chi connectivity index (χ2n) is 6.36.